The number of esters is 2. The molecule has 0 atom stereocenters. The molecule has 0 spiro atoms. The van der Waals surface area contributed by atoms with Gasteiger partial charge in [0.15, 0.2) is 14.7 Å². The van der Waals surface area contributed by atoms with Crippen molar-refractivity contribution in [3.8, 4) is 5.75 Å². The van der Waals surface area contributed by atoms with Crippen molar-refractivity contribution in [2.24, 2.45) is 0 Å². The van der Waals surface area contributed by atoms with Crippen molar-refractivity contribution in [2.75, 3.05) is 11.9 Å². The van der Waals surface area contributed by atoms with Crippen LogP contribution in [0.4, 0.5) is 11.4 Å². The van der Waals surface area contributed by atoms with Crippen molar-refractivity contribution >= 4 is 34.2 Å². The van der Waals surface area contributed by atoms with E-state index in [1.807, 2.05) is 36.4 Å². The van der Waals surface area contributed by atoms with Crippen LogP contribution in [0.2, 0.25) is 0 Å². The molecule has 0 bridgehead atoms. The summed E-state index contributed by atoms with van der Waals surface area (Å²) < 4.78 is 10.4. The van der Waals surface area contributed by atoms with Crippen LogP contribution in [-0.2, 0) is 25.2 Å². The first-order valence-corrected chi connectivity index (χ1v) is 11.6. The second-order valence-corrected chi connectivity index (χ2v) is 9.35. The van der Waals surface area contributed by atoms with Gasteiger partial charge in [0.05, 0.1) is 18.0 Å². The van der Waals surface area contributed by atoms with Gasteiger partial charge in [0.1, 0.15) is 16.6 Å². The van der Waals surface area contributed by atoms with E-state index in [-0.39, 0.29) is 29.9 Å². The van der Waals surface area contributed by atoms with E-state index in [1.54, 1.807) is 6.92 Å². The summed E-state index contributed by atoms with van der Waals surface area (Å²) in [6, 6.07) is 24.3. The number of carbonyl (C=O) groups excluding carboxylic acids is 2. The van der Waals surface area contributed by atoms with Crippen molar-refractivity contribution in [3.05, 3.63) is 84.9 Å². The standard InChI is InChI=1S/C26H24NO4S/c1-18(2)26(29)30-17-7-12-25(28)31-19-13-15-20(16-14-19)32-23-10-5-3-8-21(23)27-22-9-4-6-11-24(22)32/h3-6,8-11,13-16,27H,1,7,12,17H2,2H3/q+1. The summed E-state index contributed by atoms with van der Waals surface area (Å²) in [5, 5.41) is 3.52. The maximum absolute atomic E-state index is 12.1. The fourth-order valence-corrected chi connectivity index (χ4v) is 5.60. The molecular formula is C26H24NO4S+. The van der Waals surface area contributed by atoms with Crippen molar-refractivity contribution in [1.82, 2.24) is 0 Å². The van der Waals surface area contributed by atoms with Gasteiger partial charge in [-0.05, 0) is 61.9 Å². The molecule has 32 heavy (non-hydrogen) atoms. The summed E-state index contributed by atoms with van der Waals surface area (Å²) >= 11 is 0. The molecule has 0 unspecified atom stereocenters. The van der Waals surface area contributed by atoms with Crippen LogP contribution >= 0.6 is 0 Å². The van der Waals surface area contributed by atoms with Crippen LogP contribution in [-0.4, -0.2) is 18.5 Å². The van der Waals surface area contributed by atoms with Gasteiger partial charge in [-0.25, -0.2) is 4.79 Å². The van der Waals surface area contributed by atoms with Gasteiger partial charge < -0.3 is 14.8 Å². The molecule has 0 saturated heterocycles. The van der Waals surface area contributed by atoms with Crippen molar-refractivity contribution in [1.29, 1.82) is 0 Å². The fraction of sp³-hybridized carbons (Fsp3) is 0.154. The van der Waals surface area contributed by atoms with E-state index in [0.29, 0.717) is 17.7 Å². The Morgan fingerprint density at radius 1 is 0.906 bits per heavy atom. The molecule has 1 aliphatic heterocycles. The molecule has 0 saturated carbocycles. The van der Waals surface area contributed by atoms with Gasteiger partial charge in [-0.3, -0.25) is 4.79 Å². The molecule has 6 heteroatoms. The molecular weight excluding hydrogens is 422 g/mol. The first kappa shape index (κ1) is 21.7. The first-order chi connectivity index (χ1) is 15.5. The van der Waals surface area contributed by atoms with Gasteiger partial charge in [-0.1, -0.05) is 30.8 Å². The third-order valence-electron chi connectivity index (χ3n) is 4.88. The van der Waals surface area contributed by atoms with Crippen LogP contribution in [0.1, 0.15) is 19.8 Å². The van der Waals surface area contributed by atoms with Crippen LogP contribution in [0.3, 0.4) is 0 Å². The summed E-state index contributed by atoms with van der Waals surface area (Å²) in [4.78, 5) is 27.1. The van der Waals surface area contributed by atoms with Gasteiger partial charge in [-0.2, -0.15) is 0 Å². The summed E-state index contributed by atoms with van der Waals surface area (Å²) in [6.07, 6.45) is 0.571. The molecule has 0 aliphatic carbocycles. The van der Waals surface area contributed by atoms with Gasteiger partial charge in [-0.15, -0.1) is 0 Å². The Morgan fingerprint density at radius 3 is 2.09 bits per heavy atom. The van der Waals surface area contributed by atoms with Crippen molar-refractivity contribution in [3.63, 3.8) is 0 Å². The molecule has 0 radical (unpaired) electrons. The van der Waals surface area contributed by atoms with Crippen LogP contribution < -0.4 is 10.1 Å². The normalized spacial score (nSPS) is 12.2. The van der Waals surface area contributed by atoms with E-state index in [2.05, 4.69) is 48.3 Å². The third-order valence-corrected chi connectivity index (χ3v) is 7.22. The Kier molecular flexibility index (Phi) is 6.61. The van der Waals surface area contributed by atoms with Gasteiger partial charge in [0.25, 0.3) is 0 Å². The summed E-state index contributed by atoms with van der Waals surface area (Å²) in [7, 11) is -0.252. The number of carbonyl (C=O) groups is 2. The second-order valence-electron chi connectivity index (χ2n) is 7.39. The average Bonchev–Trinajstić information content (AvgIpc) is 2.80. The van der Waals surface area contributed by atoms with E-state index < -0.39 is 5.97 Å². The Bertz CT molecular complexity index is 1110. The van der Waals surface area contributed by atoms with Gasteiger partial charge >= 0.3 is 11.9 Å². The zero-order chi connectivity index (χ0) is 22.5. The molecule has 1 N–H and O–H groups in total. The molecule has 0 amide bonds. The summed E-state index contributed by atoms with van der Waals surface area (Å²) in [6.45, 7) is 5.27. The zero-order valence-corrected chi connectivity index (χ0v) is 18.6. The monoisotopic (exact) mass is 446 g/mol. The molecule has 0 fully saturated rings. The highest BCUT2D eigenvalue weighted by atomic mass is 32.2. The molecule has 5 nitrogen and oxygen atoms in total. The lowest BCUT2D eigenvalue weighted by molar-refractivity contribution is -0.141. The number of benzene rings is 3. The second kappa shape index (κ2) is 9.75. The molecule has 4 rings (SSSR count). The Labute approximate surface area is 190 Å². The van der Waals surface area contributed by atoms with Crippen molar-refractivity contribution < 1.29 is 19.1 Å². The zero-order valence-electron chi connectivity index (χ0n) is 17.8. The Hall–Kier alpha value is -3.51. The minimum absolute atomic E-state index is 0.162. The van der Waals surface area contributed by atoms with E-state index >= 15 is 0 Å². The van der Waals surface area contributed by atoms with Crippen LogP contribution in [0.5, 0.6) is 5.75 Å². The number of fused-ring (bicyclic) bond motifs is 2. The lowest BCUT2D eigenvalue weighted by atomic mass is 10.2. The lowest BCUT2D eigenvalue weighted by Gasteiger charge is -2.20. The quantitative estimate of drug-likeness (QED) is 0.131. The van der Waals surface area contributed by atoms with E-state index in [1.165, 1.54) is 9.79 Å². The number of hydrogen-bond donors (Lipinski definition) is 1. The van der Waals surface area contributed by atoms with Gasteiger partial charge in [0.2, 0.25) is 0 Å². The third kappa shape index (κ3) is 4.86. The number of rotatable bonds is 7. The maximum Gasteiger partial charge on any atom is 0.333 e. The minimum Gasteiger partial charge on any atom is -0.462 e. The van der Waals surface area contributed by atoms with E-state index in [0.717, 1.165) is 16.3 Å². The lowest BCUT2D eigenvalue weighted by Crippen LogP contribution is -2.14. The Balaban J connectivity index is 1.43. The summed E-state index contributed by atoms with van der Waals surface area (Å²) in [5.41, 5.74) is 2.56. The number of ether oxygens (including phenoxy) is 2. The van der Waals surface area contributed by atoms with Crippen LogP contribution in [0.25, 0.3) is 0 Å². The van der Waals surface area contributed by atoms with Gasteiger partial charge in [0, 0.05) is 12.0 Å². The molecule has 1 aliphatic rings. The topological polar surface area (TPSA) is 64.6 Å². The number of para-hydroxylation sites is 2. The number of hydrogen-bond acceptors (Lipinski definition) is 5. The average molecular weight is 447 g/mol. The Morgan fingerprint density at radius 2 is 1.50 bits per heavy atom. The highest BCUT2D eigenvalue weighted by molar-refractivity contribution is 7.97. The summed E-state index contributed by atoms with van der Waals surface area (Å²) in [5.74, 6) is -0.307. The van der Waals surface area contributed by atoms with Crippen LogP contribution in [0, 0.1) is 0 Å². The number of anilines is 2. The van der Waals surface area contributed by atoms with E-state index in [9.17, 15) is 9.59 Å². The molecule has 162 valence electrons. The highest BCUT2D eigenvalue weighted by Crippen LogP contribution is 2.44. The maximum atomic E-state index is 12.1. The predicted molar refractivity (Wildman–Crippen MR) is 125 cm³/mol. The molecule has 1 heterocycles. The largest absolute Gasteiger partial charge is 0.462 e. The van der Waals surface area contributed by atoms with E-state index in [4.69, 9.17) is 9.47 Å². The smallest absolute Gasteiger partial charge is 0.333 e. The minimum atomic E-state index is -0.448. The molecule has 0 aromatic heterocycles. The predicted octanol–water partition coefficient (Wildman–Crippen LogP) is 5.64. The first-order valence-electron chi connectivity index (χ1n) is 10.4. The van der Waals surface area contributed by atoms with Crippen molar-refractivity contribution in [2.45, 2.75) is 34.5 Å². The SMILES string of the molecule is C=C(C)C(=O)OCCCC(=O)Oc1ccc([S+]2c3ccccc3Nc3ccccc32)cc1. The van der Waals surface area contributed by atoms with Crippen LogP contribution in [0.15, 0.2) is 99.6 Å². The highest BCUT2D eigenvalue weighted by Gasteiger charge is 2.37. The number of nitrogens with one attached hydrogen (secondary N) is 1. The molecule has 3 aromatic carbocycles. The molecule has 3 aromatic rings. The fourth-order valence-electron chi connectivity index (χ4n) is 3.34.